The van der Waals surface area contributed by atoms with Crippen LogP contribution in [-0.2, 0) is 21.6 Å². The molecule has 1 aromatic rings. The molecule has 0 saturated heterocycles. The zero-order chi connectivity index (χ0) is 11.5. The summed E-state index contributed by atoms with van der Waals surface area (Å²) in [5, 5.41) is 8.69. The Labute approximate surface area is 89.7 Å². The van der Waals surface area contributed by atoms with Gasteiger partial charge in [0, 0.05) is 7.11 Å². The Hall–Kier alpha value is -1.35. The number of methoxy groups -OCH3 is 1. The largest absolute Gasteiger partial charge is 0.481 e. The van der Waals surface area contributed by atoms with Crippen molar-refractivity contribution in [3.05, 3.63) is 35.4 Å². The van der Waals surface area contributed by atoms with E-state index in [-0.39, 0.29) is 12.0 Å². The first kappa shape index (κ1) is 11.7. The number of carboxylic acid groups (broad SMARTS) is 1. The third-order valence-corrected chi connectivity index (χ3v) is 2.49. The Kier molecular flexibility index (Phi) is 3.48. The molecule has 0 unspecified atom stereocenters. The molecule has 82 valence electrons. The summed E-state index contributed by atoms with van der Waals surface area (Å²) in [6.07, 6.45) is 0.0492. The van der Waals surface area contributed by atoms with E-state index >= 15 is 0 Å². The van der Waals surface area contributed by atoms with Crippen molar-refractivity contribution >= 4 is 5.97 Å². The first-order valence-electron chi connectivity index (χ1n) is 4.82. The van der Waals surface area contributed by atoms with Gasteiger partial charge in [0.25, 0.3) is 0 Å². The van der Waals surface area contributed by atoms with Gasteiger partial charge in [-0.15, -0.1) is 0 Å². The molecular formula is C12H16O3. The van der Waals surface area contributed by atoms with Gasteiger partial charge in [-0.2, -0.15) is 0 Å². The molecule has 0 spiro atoms. The molecule has 0 radical (unpaired) electrons. The molecule has 0 aliphatic carbocycles. The molecule has 0 aromatic heterocycles. The fraction of sp³-hybridized carbons (Fsp3) is 0.417. The van der Waals surface area contributed by atoms with Gasteiger partial charge in [0.15, 0.2) is 0 Å². The van der Waals surface area contributed by atoms with Crippen LogP contribution in [0.5, 0.6) is 0 Å². The standard InChI is InChI=1S/C12H16O3/c1-12(2,15-3)10-6-4-5-9(7-10)8-11(13)14/h4-7H,8H2,1-3H3,(H,13,14). The fourth-order valence-corrected chi connectivity index (χ4v) is 1.35. The zero-order valence-electron chi connectivity index (χ0n) is 9.28. The van der Waals surface area contributed by atoms with Gasteiger partial charge in [-0.3, -0.25) is 4.79 Å². The summed E-state index contributed by atoms with van der Waals surface area (Å²) < 4.78 is 5.34. The number of carboxylic acids is 1. The van der Waals surface area contributed by atoms with E-state index in [4.69, 9.17) is 9.84 Å². The third kappa shape index (κ3) is 3.06. The van der Waals surface area contributed by atoms with Gasteiger partial charge in [0.2, 0.25) is 0 Å². The lowest BCUT2D eigenvalue weighted by molar-refractivity contribution is -0.136. The Balaban J connectivity index is 2.97. The SMILES string of the molecule is COC(C)(C)c1cccc(CC(=O)O)c1. The van der Waals surface area contributed by atoms with Crippen molar-refractivity contribution in [3.63, 3.8) is 0 Å². The van der Waals surface area contributed by atoms with E-state index in [1.165, 1.54) is 0 Å². The highest BCUT2D eigenvalue weighted by Crippen LogP contribution is 2.24. The van der Waals surface area contributed by atoms with Crippen LogP contribution in [0, 0.1) is 0 Å². The van der Waals surface area contributed by atoms with Gasteiger partial charge in [-0.25, -0.2) is 0 Å². The van der Waals surface area contributed by atoms with Crippen molar-refractivity contribution in [1.29, 1.82) is 0 Å². The van der Waals surface area contributed by atoms with Crippen molar-refractivity contribution in [1.82, 2.24) is 0 Å². The van der Waals surface area contributed by atoms with Crippen LogP contribution in [0.15, 0.2) is 24.3 Å². The van der Waals surface area contributed by atoms with Gasteiger partial charge in [0.05, 0.1) is 12.0 Å². The van der Waals surface area contributed by atoms with Crippen LogP contribution in [0.3, 0.4) is 0 Å². The van der Waals surface area contributed by atoms with Crippen molar-refractivity contribution < 1.29 is 14.6 Å². The zero-order valence-corrected chi connectivity index (χ0v) is 9.28. The number of ether oxygens (including phenoxy) is 1. The Morgan fingerprint density at radius 3 is 2.67 bits per heavy atom. The summed E-state index contributed by atoms with van der Waals surface area (Å²) in [7, 11) is 1.64. The molecule has 0 amide bonds. The molecule has 0 aliphatic rings. The minimum absolute atomic E-state index is 0.0492. The molecule has 1 aromatic carbocycles. The van der Waals surface area contributed by atoms with Crippen molar-refractivity contribution in [3.8, 4) is 0 Å². The highest BCUT2D eigenvalue weighted by atomic mass is 16.5. The number of benzene rings is 1. The van der Waals surface area contributed by atoms with E-state index in [0.717, 1.165) is 11.1 Å². The Morgan fingerprint density at radius 2 is 2.13 bits per heavy atom. The molecule has 1 N–H and O–H groups in total. The number of carbonyl (C=O) groups is 1. The third-order valence-electron chi connectivity index (χ3n) is 2.49. The number of hydrogen-bond acceptors (Lipinski definition) is 2. The van der Waals surface area contributed by atoms with Crippen LogP contribution in [0.25, 0.3) is 0 Å². The van der Waals surface area contributed by atoms with Gasteiger partial charge in [0.1, 0.15) is 0 Å². The molecule has 0 aliphatic heterocycles. The second-order valence-electron chi connectivity index (χ2n) is 3.99. The fourth-order valence-electron chi connectivity index (χ4n) is 1.35. The van der Waals surface area contributed by atoms with Crippen LogP contribution in [0.1, 0.15) is 25.0 Å². The predicted octanol–water partition coefficient (Wildman–Crippen LogP) is 2.20. The van der Waals surface area contributed by atoms with Crippen LogP contribution in [0.4, 0.5) is 0 Å². The van der Waals surface area contributed by atoms with Crippen molar-refractivity contribution in [2.75, 3.05) is 7.11 Å². The Morgan fingerprint density at radius 1 is 1.47 bits per heavy atom. The lowest BCUT2D eigenvalue weighted by Crippen LogP contribution is -2.19. The smallest absolute Gasteiger partial charge is 0.307 e. The number of rotatable bonds is 4. The Bertz CT molecular complexity index is 356. The topological polar surface area (TPSA) is 46.5 Å². The van der Waals surface area contributed by atoms with E-state index in [1.54, 1.807) is 7.11 Å². The quantitative estimate of drug-likeness (QED) is 0.825. The average molecular weight is 208 g/mol. The van der Waals surface area contributed by atoms with Gasteiger partial charge >= 0.3 is 5.97 Å². The highest BCUT2D eigenvalue weighted by molar-refractivity contribution is 5.70. The summed E-state index contributed by atoms with van der Waals surface area (Å²) >= 11 is 0. The molecule has 0 atom stereocenters. The monoisotopic (exact) mass is 208 g/mol. The van der Waals surface area contributed by atoms with E-state index in [1.807, 2.05) is 38.1 Å². The van der Waals surface area contributed by atoms with E-state index < -0.39 is 5.97 Å². The lowest BCUT2D eigenvalue weighted by Gasteiger charge is -2.23. The predicted molar refractivity (Wildman–Crippen MR) is 57.8 cm³/mol. The number of hydrogen-bond donors (Lipinski definition) is 1. The summed E-state index contributed by atoms with van der Waals surface area (Å²) in [5.41, 5.74) is 1.41. The summed E-state index contributed by atoms with van der Waals surface area (Å²) in [6.45, 7) is 3.90. The molecular weight excluding hydrogens is 192 g/mol. The van der Waals surface area contributed by atoms with Gasteiger partial charge in [-0.1, -0.05) is 24.3 Å². The van der Waals surface area contributed by atoms with E-state index in [0.29, 0.717) is 0 Å². The first-order chi connectivity index (χ1) is 6.95. The van der Waals surface area contributed by atoms with Gasteiger partial charge in [-0.05, 0) is 25.0 Å². The van der Waals surface area contributed by atoms with Crippen LogP contribution >= 0.6 is 0 Å². The maximum Gasteiger partial charge on any atom is 0.307 e. The molecule has 0 bridgehead atoms. The highest BCUT2D eigenvalue weighted by Gasteiger charge is 2.19. The first-order valence-corrected chi connectivity index (χ1v) is 4.82. The van der Waals surface area contributed by atoms with Crippen LogP contribution in [0.2, 0.25) is 0 Å². The second-order valence-corrected chi connectivity index (χ2v) is 3.99. The molecule has 0 fully saturated rings. The molecule has 3 nitrogen and oxygen atoms in total. The molecule has 0 heterocycles. The van der Waals surface area contributed by atoms with Crippen LogP contribution in [-0.4, -0.2) is 18.2 Å². The van der Waals surface area contributed by atoms with E-state index in [9.17, 15) is 4.79 Å². The second kappa shape index (κ2) is 4.45. The molecule has 1 rings (SSSR count). The molecule has 0 saturated carbocycles. The minimum Gasteiger partial charge on any atom is -0.481 e. The summed E-state index contributed by atoms with van der Waals surface area (Å²) in [4.78, 5) is 10.6. The molecule has 3 heteroatoms. The average Bonchev–Trinajstić information content (AvgIpc) is 2.17. The van der Waals surface area contributed by atoms with Crippen molar-refractivity contribution in [2.24, 2.45) is 0 Å². The maximum atomic E-state index is 10.6. The lowest BCUT2D eigenvalue weighted by atomic mass is 9.95. The van der Waals surface area contributed by atoms with Crippen molar-refractivity contribution in [2.45, 2.75) is 25.9 Å². The van der Waals surface area contributed by atoms with Gasteiger partial charge < -0.3 is 9.84 Å². The molecule has 15 heavy (non-hydrogen) atoms. The summed E-state index contributed by atoms with van der Waals surface area (Å²) in [6, 6.07) is 7.48. The minimum atomic E-state index is -0.817. The maximum absolute atomic E-state index is 10.6. The van der Waals surface area contributed by atoms with E-state index in [2.05, 4.69) is 0 Å². The number of aliphatic carboxylic acids is 1. The normalized spacial score (nSPS) is 11.4. The van der Waals surface area contributed by atoms with Crippen LogP contribution < -0.4 is 0 Å². The summed E-state index contributed by atoms with van der Waals surface area (Å²) in [5.74, 6) is -0.817.